The van der Waals surface area contributed by atoms with Gasteiger partial charge >= 0.3 is 5.97 Å². The molecule has 106 valence electrons. The van der Waals surface area contributed by atoms with Crippen molar-refractivity contribution in [2.75, 3.05) is 0 Å². The molecule has 5 nitrogen and oxygen atoms in total. The van der Waals surface area contributed by atoms with Gasteiger partial charge in [0.1, 0.15) is 5.60 Å². The van der Waals surface area contributed by atoms with Crippen molar-refractivity contribution in [3.05, 3.63) is 11.5 Å². The van der Waals surface area contributed by atoms with Crippen LogP contribution in [0.3, 0.4) is 0 Å². The quantitative estimate of drug-likeness (QED) is 0.767. The van der Waals surface area contributed by atoms with E-state index in [0.717, 1.165) is 5.41 Å². The molecule has 0 saturated carbocycles. The van der Waals surface area contributed by atoms with Crippen LogP contribution in [0.4, 0.5) is 0 Å². The Labute approximate surface area is 109 Å². The van der Waals surface area contributed by atoms with Crippen LogP contribution in [-0.2, 0) is 19.4 Å². The minimum absolute atomic E-state index is 0.0403. The molecule has 0 amide bonds. The van der Waals surface area contributed by atoms with Gasteiger partial charge in [0.25, 0.3) is 0 Å². The lowest BCUT2D eigenvalue weighted by atomic mass is 10.2. The highest BCUT2D eigenvalue weighted by atomic mass is 32.2. The van der Waals surface area contributed by atoms with Gasteiger partial charge in [-0.15, -0.1) is 0 Å². The van der Waals surface area contributed by atoms with E-state index in [2.05, 4.69) is 0 Å². The predicted octanol–water partition coefficient (Wildman–Crippen LogP) is 1.38. The van der Waals surface area contributed by atoms with Gasteiger partial charge in [-0.1, -0.05) is 6.08 Å². The maximum atomic E-state index is 11.5. The normalized spacial score (nSPS) is 15.1. The molecule has 0 aliphatic heterocycles. The molecule has 0 rings (SSSR count). The second-order valence-corrected chi connectivity index (χ2v) is 7.81. The molecule has 0 radical (unpaired) electrons. The summed E-state index contributed by atoms with van der Waals surface area (Å²) in [7, 11) is -3.28. The summed E-state index contributed by atoms with van der Waals surface area (Å²) < 4.78 is 28.1. The number of ether oxygens (including phenoxy) is 1. The van der Waals surface area contributed by atoms with E-state index in [1.165, 1.54) is 6.08 Å². The van der Waals surface area contributed by atoms with Crippen molar-refractivity contribution in [1.29, 1.82) is 0 Å². The van der Waals surface area contributed by atoms with Crippen molar-refractivity contribution in [2.24, 2.45) is 5.73 Å². The zero-order valence-corrected chi connectivity index (χ0v) is 12.5. The van der Waals surface area contributed by atoms with Gasteiger partial charge in [-0.3, -0.25) is 4.79 Å². The largest absolute Gasteiger partial charge is 0.460 e. The molecule has 0 spiro atoms. The first-order valence-corrected chi connectivity index (χ1v) is 7.44. The monoisotopic (exact) mass is 277 g/mol. The van der Waals surface area contributed by atoms with Crippen LogP contribution in [0.1, 0.15) is 41.0 Å². The third-order valence-corrected chi connectivity index (χ3v) is 3.85. The fourth-order valence-electron chi connectivity index (χ4n) is 1.01. The number of rotatable bonds is 5. The Bertz CT molecular complexity index is 404. The molecule has 6 heteroatoms. The number of nitrogens with two attached hydrogens (primary N) is 1. The van der Waals surface area contributed by atoms with Crippen LogP contribution < -0.4 is 5.73 Å². The summed E-state index contributed by atoms with van der Waals surface area (Å²) in [5.41, 5.74) is 5.08. The first-order chi connectivity index (χ1) is 7.94. The summed E-state index contributed by atoms with van der Waals surface area (Å²) in [6.07, 6.45) is 1.28. The van der Waals surface area contributed by atoms with E-state index in [1.807, 2.05) is 0 Å². The fraction of sp³-hybridized carbons (Fsp3) is 0.750. The Morgan fingerprint density at radius 1 is 1.33 bits per heavy atom. The molecule has 0 heterocycles. The Balaban J connectivity index is 4.41. The van der Waals surface area contributed by atoms with Crippen LogP contribution in [0.5, 0.6) is 0 Å². The van der Waals surface area contributed by atoms with E-state index < -0.39 is 32.7 Å². The second kappa shape index (κ2) is 6.33. The predicted molar refractivity (Wildman–Crippen MR) is 71.6 cm³/mol. The van der Waals surface area contributed by atoms with E-state index in [9.17, 15) is 13.2 Å². The topological polar surface area (TPSA) is 86.5 Å². The van der Waals surface area contributed by atoms with E-state index >= 15 is 0 Å². The lowest BCUT2D eigenvalue weighted by Crippen LogP contribution is -2.29. The van der Waals surface area contributed by atoms with Crippen molar-refractivity contribution in [3.8, 4) is 0 Å². The summed E-state index contributed by atoms with van der Waals surface area (Å²) in [4.78, 5) is 11.4. The standard InChI is InChI=1S/C12H23NO4S/c1-9(2)18(15,16)7-6-10(13)8-11(14)17-12(3,4)5/h6-7,9-10H,8,13H2,1-5H3/t10-/m1/s1. The van der Waals surface area contributed by atoms with Gasteiger partial charge in [0, 0.05) is 11.4 Å². The summed E-state index contributed by atoms with van der Waals surface area (Å²) in [5, 5.41) is 0.564. The Kier molecular flexibility index (Phi) is 6.02. The van der Waals surface area contributed by atoms with Crippen LogP contribution in [0.15, 0.2) is 11.5 Å². The molecule has 0 aliphatic carbocycles. The highest BCUT2D eigenvalue weighted by Gasteiger charge is 2.18. The molecule has 2 N–H and O–H groups in total. The van der Waals surface area contributed by atoms with Crippen molar-refractivity contribution in [3.63, 3.8) is 0 Å². The average molecular weight is 277 g/mol. The number of esters is 1. The molecule has 0 aromatic rings. The fourth-order valence-corrected chi connectivity index (χ4v) is 1.75. The summed E-state index contributed by atoms with van der Waals surface area (Å²) in [6.45, 7) is 8.44. The van der Waals surface area contributed by atoms with Crippen LogP contribution in [0.25, 0.3) is 0 Å². The Hall–Kier alpha value is -0.880. The van der Waals surface area contributed by atoms with Crippen LogP contribution in [0.2, 0.25) is 0 Å². The molecule has 0 fully saturated rings. The van der Waals surface area contributed by atoms with Gasteiger partial charge < -0.3 is 10.5 Å². The van der Waals surface area contributed by atoms with Crippen LogP contribution in [-0.4, -0.2) is 31.3 Å². The molecular weight excluding hydrogens is 254 g/mol. The highest BCUT2D eigenvalue weighted by molar-refractivity contribution is 7.94. The lowest BCUT2D eigenvalue weighted by molar-refractivity contribution is -0.154. The smallest absolute Gasteiger partial charge is 0.308 e. The van der Waals surface area contributed by atoms with Gasteiger partial charge in [-0.2, -0.15) is 0 Å². The van der Waals surface area contributed by atoms with E-state index in [-0.39, 0.29) is 6.42 Å². The van der Waals surface area contributed by atoms with Crippen LogP contribution >= 0.6 is 0 Å². The lowest BCUT2D eigenvalue weighted by Gasteiger charge is -2.20. The third-order valence-electron chi connectivity index (χ3n) is 1.99. The maximum absolute atomic E-state index is 11.5. The molecule has 0 aromatic heterocycles. The van der Waals surface area contributed by atoms with Gasteiger partial charge in [0.2, 0.25) is 0 Å². The zero-order valence-electron chi connectivity index (χ0n) is 11.6. The van der Waals surface area contributed by atoms with E-state index in [0.29, 0.717) is 0 Å². The highest BCUT2D eigenvalue weighted by Crippen LogP contribution is 2.10. The van der Waals surface area contributed by atoms with E-state index in [1.54, 1.807) is 34.6 Å². The molecule has 0 aromatic carbocycles. The van der Waals surface area contributed by atoms with Crippen molar-refractivity contribution < 1.29 is 17.9 Å². The van der Waals surface area contributed by atoms with Crippen molar-refractivity contribution >= 4 is 15.8 Å². The number of carbonyl (C=O) groups excluding carboxylic acids is 1. The Morgan fingerprint density at radius 2 is 1.83 bits per heavy atom. The third kappa shape index (κ3) is 7.45. The number of hydrogen-bond acceptors (Lipinski definition) is 5. The number of carbonyl (C=O) groups is 1. The summed E-state index contributed by atoms with van der Waals surface area (Å²) >= 11 is 0. The SMILES string of the molecule is CC(C)S(=O)(=O)C=C[C@@H](N)CC(=O)OC(C)(C)C. The summed E-state index contributed by atoms with van der Waals surface area (Å²) in [6, 6.07) is -0.659. The molecule has 1 atom stereocenters. The zero-order chi connectivity index (χ0) is 14.6. The number of sulfone groups is 1. The first-order valence-electron chi connectivity index (χ1n) is 5.83. The molecule has 0 saturated heterocycles. The molecule has 18 heavy (non-hydrogen) atoms. The van der Waals surface area contributed by atoms with Gasteiger partial charge in [-0.05, 0) is 34.6 Å². The average Bonchev–Trinajstić information content (AvgIpc) is 2.11. The minimum Gasteiger partial charge on any atom is -0.460 e. The van der Waals surface area contributed by atoms with Gasteiger partial charge in [0.15, 0.2) is 9.84 Å². The van der Waals surface area contributed by atoms with Crippen molar-refractivity contribution in [2.45, 2.75) is 57.9 Å². The second-order valence-electron chi connectivity index (χ2n) is 5.42. The molecule has 0 aliphatic rings. The molecule has 0 unspecified atom stereocenters. The van der Waals surface area contributed by atoms with Gasteiger partial charge in [-0.25, -0.2) is 8.42 Å². The summed E-state index contributed by atoms with van der Waals surface area (Å²) in [5.74, 6) is -0.443. The maximum Gasteiger partial charge on any atom is 0.308 e. The number of hydrogen-bond donors (Lipinski definition) is 1. The van der Waals surface area contributed by atoms with Crippen molar-refractivity contribution in [1.82, 2.24) is 0 Å². The minimum atomic E-state index is -3.28. The van der Waals surface area contributed by atoms with Gasteiger partial charge in [0.05, 0.1) is 11.7 Å². The van der Waals surface area contributed by atoms with Crippen LogP contribution in [0, 0.1) is 0 Å². The van der Waals surface area contributed by atoms with E-state index in [4.69, 9.17) is 10.5 Å². The molecule has 0 bridgehead atoms. The first kappa shape index (κ1) is 17.1. The Morgan fingerprint density at radius 3 is 2.22 bits per heavy atom. The molecular formula is C12H23NO4S.